The van der Waals surface area contributed by atoms with Crippen molar-refractivity contribution in [3.8, 4) is 22.5 Å². The standard InChI is InChI=1S/C25H27ClN4O3.C21H20ClN3O2.C4H7NO2/c1-25(2,3)30-22(17-7-5-4-6-8-17)12-21(28-30)23(31)27-20-10-9-16(11-19(20)26)13-29-14-18(15-29)24(32)33;1-21(2,3)25-19(15-7-5-4-6-8-15)12-18(24-25)20(27)23-17-10-9-14(13-26)11-16(17)22;6-4(7)3-1-5-2-3/h4-12,18H,13-15H2,1-3H3,(H,27,31)(H,32,33);4-13H,1-3H3,(H,23,27);3,5H,1-2H2,(H,6,7). The highest BCUT2D eigenvalue weighted by molar-refractivity contribution is 6.34. The molecule has 8 rings (SSSR count). The first-order chi connectivity index (χ1) is 31.7. The van der Waals surface area contributed by atoms with Crippen LogP contribution < -0.4 is 16.0 Å². The molecule has 2 aliphatic heterocycles. The number of likely N-dealkylation sites (tertiary alicyclic amines) is 1. The van der Waals surface area contributed by atoms with Crippen molar-refractivity contribution in [2.75, 3.05) is 36.8 Å². The summed E-state index contributed by atoms with van der Waals surface area (Å²) in [6.07, 6.45) is 0.703. The summed E-state index contributed by atoms with van der Waals surface area (Å²) in [5.74, 6) is -2.55. The summed E-state index contributed by atoms with van der Waals surface area (Å²) in [6, 6.07) is 33.4. The number of nitrogens with zero attached hydrogens (tertiary/aromatic N) is 5. The van der Waals surface area contributed by atoms with E-state index >= 15 is 0 Å². The van der Waals surface area contributed by atoms with Gasteiger partial charge >= 0.3 is 11.9 Å². The van der Waals surface area contributed by atoms with Crippen molar-refractivity contribution < 1.29 is 34.2 Å². The van der Waals surface area contributed by atoms with Crippen LogP contribution in [0.4, 0.5) is 11.4 Å². The summed E-state index contributed by atoms with van der Waals surface area (Å²) in [5, 5.41) is 35.5. The Balaban J connectivity index is 0.000000195. The monoisotopic (exact) mass is 948 g/mol. The van der Waals surface area contributed by atoms with Crippen molar-refractivity contribution in [2.24, 2.45) is 11.8 Å². The lowest BCUT2D eigenvalue weighted by Crippen LogP contribution is -2.49. The maximum absolute atomic E-state index is 13.0. The summed E-state index contributed by atoms with van der Waals surface area (Å²) in [6.45, 7) is 15.2. The molecule has 0 unspecified atom stereocenters. The van der Waals surface area contributed by atoms with Crippen LogP contribution in [-0.4, -0.2) is 90.9 Å². The van der Waals surface area contributed by atoms with Crippen molar-refractivity contribution in [1.82, 2.24) is 29.8 Å². The van der Waals surface area contributed by atoms with E-state index in [0.717, 1.165) is 28.1 Å². The molecule has 0 aliphatic carbocycles. The van der Waals surface area contributed by atoms with Crippen molar-refractivity contribution >= 4 is 64.6 Å². The summed E-state index contributed by atoms with van der Waals surface area (Å²) in [5.41, 5.74) is 6.02. The summed E-state index contributed by atoms with van der Waals surface area (Å²) in [4.78, 5) is 59.5. The van der Waals surface area contributed by atoms with Gasteiger partial charge in [-0.1, -0.05) is 89.9 Å². The summed E-state index contributed by atoms with van der Waals surface area (Å²) < 4.78 is 3.70. The van der Waals surface area contributed by atoms with E-state index in [1.165, 1.54) is 6.07 Å². The largest absolute Gasteiger partial charge is 0.481 e. The van der Waals surface area contributed by atoms with Gasteiger partial charge in [-0.05, 0) is 101 Å². The van der Waals surface area contributed by atoms with Crippen LogP contribution in [0.5, 0.6) is 0 Å². The minimum Gasteiger partial charge on any atom is -0.481 e. The molecular weight excluding hydrogens is 896 g/mol. The molecule has 350 valence electrons. The van der Waals surface area contributed by atoms with Crippen LogP contribution in [-0.2, 0) is 27.2 Å². The normalized spacial score (nSPS) is 14.0. The Kier molecular flexibility index (Phi) is 15.8. The first kappa shape index (κ1) is 49.8. The zero-order valence-electron chi connectivity index (χ0n) is 38.1. The van der Waals surface area contributed by atoms with E-state index in [1.807, 2.05) is 123 Å². The molecule has 0 saturated carbocycles. The van der Waals surface area contributed by atoms with Crippen molar-refractivity contribution in [3.05, 3.63) is 142 Å². The number of carboxylic acids is 2. The molecular formula is C50H54Cl2N8O7. The molecule has 2 fully saturated rings. The molecule has 2 aromatic heterocycles. The average Bonchev–Trinajstić information content (AvgIpc) is 3.91. The molecule has 0 bridgehead atoms. The Labute approximate surface area is 399 Å². The van der Waals surface area contributed by atoms with Gasteiger partial charge in [0.25, 0.3) is 11.8 Å². The third-order valence-corrected chi connectivity index (χ3v) is 11.4. The number of amides is 2. The Morgan fingerprint density at radius 1 is 0.657 bits per heavy atom. The Morgan fingerprint density at radius 3 is 1.46 bits per heavy atom. The van der Waals surface area contributed by atoms with Gasteiger partial charge in [0.15, 0.2) is 11.4 Å². The second-order valence-corrected chi connectivity index (χ2v) is 19.0. The van der Waals surface area contributed by atoms with Gasteiger partial charge in [0.05, 0.1) is 55.7 Å². The van der Waals surface area contributed by atoms with Crippen LogP contribution in [0.25, 0.3) is 22.5 Å². The van der Waals surface area contributed by atoms with Gasteiger partial charge in [-0.2, -0.15) is 10.2 Å². The predicted molar refractivity (Wildman–Crippen MR) is 260 cm³/mol. The van der Waals surface area contributed by atoms with Crippen molar-refractivity contribution in [2.45, 2.75) is 59.2 Å². The van der Waals surface area contributed by atoms with Crippen LogP contribution in [0.1, 0.15) is 78.4 Å². The zero-order valence-corrected chi connectivity index (χ0v) is 39.6. The molecule has 0 atom stereocenters. The number of nitrogens with one attached hydrogen (secondary N) is 3. The molecule has 67 heavy (non-hydrogen) atoms. The minimum absolute atomic E-state index is 0.111. The Morgan fingerprint density at radius 2 is 1.10 bits per heavy atom. The number of carbonyl (C=O) groups excluding carboxylic acids is 3. The molecule has 2 saturated heterocycles. The smallest absolute Gasteiger partial charge is 0.309 e. The topological polar surface area (TPSA) is 201 Å². The van der Waals surface area contributed by atoms with E-state index in [2.05, 4.69) is 26.1 Å². The third kappa shape index (κ3) is 12.8. The molecule has 0 radical (unpaired) electrons. The molecule has 15 nitrogen and oxygen atoms in total. The van der Waals surface area contributed by atoms with E-state index in [1.54, 1.807) is 36.4 Å². The lowest BCUT2D eigenvalue weighted by molar-refractivity contribution is -0.148. The van der Waals surface area contributed by atoms with E-state index in [9.17, 15) is 24.0 Å². The summed E-state index contributed by atoms with van der Waals surface area (Å²) >= 11 is 12.6. The fraction of sp³-hybridized carbons (Fsp3) is 0.300. The second-order valence-electron chi connectivity index (χ2n) is 18.2. The third-order valence-electron chi connectivity index (χ3n) is 10.8. The first-order valence-corrected chi connectivity index (χ1v) is 22.3. The maximum atomic E-state index is 13.0. The number of aromatic nitrogens is 4. The highest BCUT2D eigenvalue weighted by atomic mass is 35.5. The number of benzene rings is 4. The Bertz CT molecular complexity index is 2730. The number of aldehydes is 1. The van der Waals surface area contributed by atoms with Crippen LogP contribution in [0, 0.1) is 11.8 Å². The zero-order chi connectivity index (χ0) is 48.6. The van der Waals surface area contributed by atoms with Gasteiger partial charge in [0.2, 0.25) is 0 Å². The van der Waals surface area contributed by atoms with Crippen LogP contribution in [0.3, 0.4) is 0 Å². The number of hydrogen-bond donors (Lipinski definition) is 5. The second kappa shape index (κ2) is 21.3. The van der Waals surface area contributed by atoms with Gasteiger partial charge in [-0.25, -0.2) is 0 Å². The van der Waals surface area contributed by atoms with Crippen LogP contribution in [0.15, 0.2) is 109 Å². The van der Waals surface area contributed by atoms with Gasteiger partial charge in [-0.15, -0.1) is 0 Å². The number of anilines is 2. The lowest BCUT2D eigenvalue weighted by Gasteiger charge is -2.36. The van der Waals surface area contributed by atoms with E-state index in [-0.39, 0.29) is 34.7 Å². The number of halogens is 2. The Hall–Kier alpha value is -6.65. The van der Waals surface area contributed by atoms with E-state index in [4.69, 9.17) is 33.4 Å². The molecule has 0 spiro atoms. The minimum atomic E-state index is -0.758. The summed E-state index contributed by atoms with van der Waals surface area (Å²) in [7, 11) is 0. The van der Waals surface area contributed by atoms with Gasteiger partial charge in [-0.3, -0.25) is 38.2 Å². The molecule has 4 aromatic carbocycles. The van der Waals surface area contributed by atoms with Crippen LogP contribution in [0.2, 0.25) is 10.0 Å². The van der Waals surface area contributed by atoms with E-state index < -0.39 is 11.9 Å². The highest BCUT2D eigenvalue weighted by Crippen LogP contribution is 2.31. The van der Waals surface area contributed by atoms with E-state index in [0.29, 0.717) is 77.4 Å². The molecule has 2 amide bonds. The fourth-order valence-electron chi connectivity index (χ4n) is 7.05. The molecule has 17 heteroatoms. The highest BCUT2D eigenvalue weighted by Gasteiger charge is 2.32. The number of rotatable bonds is 11. The first-order valence-electron chi connectivity index (χ1n) is 21.6. The average molecular weight is 950 g/mol. The molecule has 2 aliphatic rings. The fourth-order valence-corrected chi connectivity index (χ4v) is 7.54. The number of aliphatic carboxylic acids is 2. The van der Waals surface area contributed by atoms with Crippen molar-refractivity contribution in [1.29, 1.82) is 0 Å². The number of hydrogen-bond acceptors (Lipinski definition) is 9. The molecule has 4 heterocycles. The number of carbonyl (C=O) groups is 5. The molecule has 5 N–H and O–H groups in total. The van der Waals surface area contributed by atoms with Gasteiger partial charge in [0.1, 0.15) is 6.29 Å². The van der Waals surface area contributed by atoms with Gasteiger partial charge < -0.3 is 26.2 Å². The molecule has 6 aromatic rings. The predicted octanol–water partition coefficient (Wildman–Crippen LogP) is 9.04. The maximum Gasteiger partial charge on any atom is 0.309 e. The SMILES string of the molecule is CC(C)(C)n1nc(C(=O)Nc2ccc(C=O)cc2Cl)cc1-c1ccccc1.CC(C)(C)n1nc(C(=O)Nc2ccc(CN3CC(C(=O)O)C3)cc2Cl)cc1-c1ccccc1.O=C(O)C1CNC1. The number of carboxylic acid groups (broad SMARTS) is 2. The van der Waals surface area contributed by atoms with Crippen LogP contribution >= 0.6 is 23.2 Å². The quantitative estimate of drug-likeness (QED) is 0.0776. The van der Waals surface area contributed by atoms with Gasteiger partial charge in [0, 0.05) is 38.3 Å². The van der Waals surface area contributed by atoms with Crippen molar-refractivity contribution in [3.63, 3.8) is 0 Å². The lowest BCUT2D eigenvalue weighted by atomic mass is 9.99.